The molecule has 2 aromatic rings. The molecule has 0 radical (unpaired) electrons. The summed E-state index contributed by atoms with van der Waals surface area (Å²) in [6, 6.07) is 15.9. The third kappa shape index (κ3) is 2.88. The molecule has 0 amide bonds. The van der Waals surface area contributed by atoms with E-state index in [1.54, 1.807) is 0 Å². The van der Waals surface area contributed by atoms with E-state index in [0.717, 1.165) is 13.0 Å². The van der Waals surface area contributed by atoms with Gasteiger partial charge in [0, 0.05) is 16.2 Å². The summed E-state index contributed by atoms with van der Waals surface area (Å²) in [4.78, 5) is 1.45. The molecule has 0 spiro atoms. The Bertz CT molecular complexity index is 610. The van der Waals surface area contributed by atoms with Crippen LogP contribution < -0.4 is 5.32 Å². The topological polar surface area (TPSA) is 12.0 Å². The van der Waals surface area contributed by atoms with Crippen molar-refractivity contribution in [3.05, 3.63) is 64.7 Å². The minimum absolute atomic E-state index is 0.423. The molecule has 2 atom stereocenters. The lowest BCUT2D eigenvalue weighted by Crippen LogP contribution is -2.30. The molecule has 1 N–H and O–H groups in total. The van der Waals surface area contributed by atoms with Crippen LogP contribution in [0.15, 0.2) is 47.4 Å². The molecule has 1 nitrogen and oxygen atoms in total. The highest BCUT2D eigenvalue weighted by Crippen LogP contribution is 2.43. The number of aryl methyl sites for hydroxylation is 1. The van der Waals surface area contributed by atoms with E-state index in [4.69, 9.17) is 0 Å². The van der Waals surface area contributed by atoms with Gasteiger partial charge in [0.15, 0.2) is 0 Å². The predicted molar refractivity (Wildman–Crippen MR) is 92.1 cm³/mol. The summed E-state index contributed by atoms with van der Waals surface area (Å²) in [6.07, 6.45) is 1.16. The second-order valence-corrected chi connectivity index (χ2v) is 7.07. The Hall–Kier alpha value is -1.25. The molecule has 0 aliphatic carbocycles. The molecule has 0 saturated carbocycles. The van der Waals surface area contributed by atoms with Crippen molar-refractivity contribution in [1.29, 1.82) is 0 Å². The van der Waals surface area contributed by atoms with Crippen LogP contribution >= 0.6 is 11.8 Å². The number of rotatable bonds is 4. The second kappa shape index (κ2) is 6.25. The fourth-order valence-corrected chi connectivity index (χ4v) is 4.59. The minimum Gasteiger partial charge on any atom is -0.309 e. The van der Waals surface area contributed by atoms with E-state index in [2.05, 4.69) is 68.6 Å². The molecule has 21 heavy (non-hydrogen) atoms. The molecular weight excluding hydrogens is 274 g/mol. The molecule has 2 unspecified atom stereocenters. The van der Waals surface area contributed by atoms with Gasteiger partial charge in [-0.15, -0.1) is 11.8 Å². The van der Waals surface area contributed by atoms with E-state index in [-0.39, 0.29) is 0 Å². The number of benzene rings is 2. The highest BCUT2D eigenvalue weighted by Gasteiger charge is 2.30. The molecule has 2 heteroatoms. The minimum atomic E-state index is 0.423. The first-order valence-corrected chi connectivity index (χ1v) is 8.62. The SMILES string of the molecule is CCNC(c1cccc(C)c1C)C1Cc2ccccc2S1. The Kier molecular flexibility index (Phi) is 4.37. The van der Waals surface area contributed by atoms with Crippen LogP contribution in [0.4, 0.5) is 0 Å². The van der Waals surface area contributed by atoms with E-state index < -0.39 is 0 Å². The zero-order chi connectivity index (χ0) is 14.8. The first-order valence-electron chi connectivity index (χ1n) is 7.74. The predicted octanol–water partition coefficient (Wildman–Crippen LogP) is 4.67. The van der Waals surface area contributed by atoms with Gasteiger partial charge in [0.1, 0.15) is 0 Å². The first-order chi connectivity index (χ1) is 10.2. The van der Waals surface area contributed by atoms with Crippen LogP contribution in [0.3, 0.4) is 0 Å². The van der Waals surface area contributed by atoms with Crippen LogP contribution in [0, 0.1) is 13.8 Å². The second-order valence-electron chi connectivity index (χ2n) is 5.79. The standard InChI is InChI=1S/C19H23NS/c1-4-20-19(16-10-7-8-13(2)14(16)3)18-12-15-9-5-6-11-17(15)21-18/h5-11,18-20H,4,12H2,1-3H3. The molecule has 0 saturated heterocycles. The van der Waals surface area contributed by atoms with Crippen LogP contribution in [0.2, 0.25) is 0 Å². The van der Waals surface area contributed by atoms with Crippen molar-refractivity contribution in [1.82, 2.24) is 5.32 Å². The van der Waals surface area contributed by atoms with Gasteiger partial charge in [0.05, 0.1) is 0 Å². The van der Waals surface area contributed by atoms with Crippen molar-refractivity contribution < 1.29 is 0 Å². The van der Waals surface area contributed by atoms with Crippen LogP contribution in [-0.2, 0) is 6.42 Å². The van der Waals surface area contributed by atoms with Crippen molar-refractivity contribution in [2.45, 2.75) is 43.4 Å². The Labute approximate surface area is 132 Å². The molecule has 0 bridgehead atoms. The molecule has 1 aliphatic rings. The van der Waals surface area contributed by atoms with Gasteiger partial charge in [-0.05, 0) is 55.1 Å². The number of thioether (sulfide) groups is 1. The maximum atomic E-state index is 3.72. The Morgan fingerprint density at radius 2 is 1.95 bits per heavy atom. The van der Waals surface area contributed by atoms with E-state index in [1.165, 1.54) is 27.1 Å². The third-order valence-corrected chi connectivity index (χ3v) is 5.84. The largest absolute Gasteiger partial charge is 0.309 e. The molecule has 110 valence electrons. The zero-order valence-corrected chi connectivity index (χ0v) is 13.8. The van der Waals surface area contributed by atoms with E-state index in [1.807, 2.05) is 11.8 Å². The van der Waals surface area contributed by atoms with Gasteiger partial charge in [-0.3, -0.25) is 0 Å². The van der Waals surface area contributed by atoms with Crippen molar-refractivity contribution in [2.75, 3.05) is 6.54 Å². The summed E-state index contributed by atoms with van der Waals surface area (Å²) < 4.78 is 0. The molecule has 3 rings (SSSR count). The van der Waals surface area contributed by atoms with Crippen LogP contribution in [-0.4, -0.2) is 11.8 Å². The lowest BCUT2D eigenvalue weighted by atomic mass is 9.93. The average Bonchev–Trinajstić information content (AvgIpc) is 2.91. The van der Waals surface area contributed by atoms with Gasteiger partial charge in [-0.1, -0.05) is 43.3 Å². The van der Waals surface area contributed by atoms with E-state index in [0.29, 0.717) is 11.3 Å². The van der Waals surface area contributed by atoms with Gasteiger partial charge in [0.2, 0.25) is 0 Å². The number of hydrogen-bond acceptors (Lipinski definition) is 2. The molecule has 0 fully saturated rings. The van der Waals surface area contributed by atoms with Crippen LogP contribution in [0.1, 0.15) is 35.2 Å². The number of nitrogens with one attached hydrogen (secondary N) is 1. The summed E-state index contributed by atoms with van der Waals surface area (Å²) in [7, 11) is 0. The smallest absolute Gasteiger partial charge is 0.0450 e. The molecule has 2 aromatic carbocycles. The highest BCUT2D eigenvalue weighted by atomic mass is 32.2. The Morgan fingerprint density at radius 3 is 2.71 bits per heavy atom. The lowest BCUT2D eigenvalue weighted by molar-refractivity contribution is 0.529. The van der Waals surface area contributed by atoms with Gasteiger partial charge in [-0.2, -0.15) is 0 Å². The van der Waals surface area contributed by atoms with Crippen molar-refractivity contribution in [3.8, 4) is 0 Å². The average molecular weight is 297 g/mol. The maximum Gasteiger partial charge on any atom is 0.0450 e. The summed E-state index contributed by atoms with van der Waals surface area (Å²) in [5, 5.41) is 4.31. The zero-order valence-electron chi connectivity index (χ0n) is 13.0. The fourth-order valence-electron chi connectivity index (χ4n) is 3.17. The monoisotopic (exact) mass is 297 g/mol. The van der Waals surface area contributed by atoms with E-state index >= 15 is 0 Å². The van der Waals surface area contributed by atoms with Gasteiger partial charge >= 0.3 is 0 Å². The summed E-state index contributed by atoms with van der Waals surface area (Å²) in [5.74, 6) is 0. The quantitative estimate of drug-likeness (QED) is 0.880. The van der Waals surface area contributed by atoms with Crippen molar-refractivity contribution in [2.24, 2.45) is 0 Å². The number of hydrogen-bond donors (Lipinski definition) is 1. The van der Waals surface area contributed by atoms with E-state index in [9.17, 15) is 0 Å². The summed E-state index contributed by atoms with van der Waals surface area (Å²) >= 11 is 2.03. The molecule has 0 aromatic heterocycles. The van der Waals surface area contributed by atoms with Gasteiger partial charge in [-0.25, -0.2) is 0 Å². The summed E-state index contributed by atoms with van der Waals surface area (Å²) in [5.41, 5.74) is 5.78. The highest BCUT2D eigenvalue weighted by molar-refractivity contribution is 8.00. The van der Waals surface area contributed by atoms with Crippen molar-refractivity contribution in [3.63, 3.8) is 0 Å². The van der Waals surface area contributed by atoms with Gasteiger partial charge in [0.25, 0.3) is 0 Å². The van der Waals surface area contributed by atoms with Crippen molar-refractivity contribution >= 4 is 11.8 Å². The third-order valence-electron chi connectivity index (χ3n) is 4.45. The fraction of sp³-hybridized carbons (Fsp3) is 0.368. The summed E-state index contributed by atoms with van der Waals surface area (Å²) in [6.45, 7) is 7.66. The molecule has 1 aliphatic heterocycles. The molecular formula is C19H23NS. The van der Waals surface area contributed by atoms with Gasteiger partial charge < -0.3 is 5.32 Å². The maximum absolute atomic E-state index is 3.72. The normalized spacial score (nSPS) is 18.5. The molecule has 1 heterocycles. The first kappa shape index (κ1) is 14.7. The Morgan fingerprint density at radius 1 is 1.14 bits per heavy atom. The lowest BCUT2D eigenvalue weighted by Gasteiger charge is -2.26. The number of fused-ring (bicyclic) bond motifs is 1. The van der Waals surface area contributed by atoms with Crippen LogP contribution in [0.5, 0.6) is 0 Å². The van der Waals surface area contributed by atoms with Crippen LogP contribution in [0.25, 0.3) is 0 Å². The Balaban J connectivity index is 1.91.